The molecule has 1 aliphatic carbocycles. The van der Waals surface area contributed by atoms with Crippen LogP contribution in [0.1, 0.15) is 78.6 Å². The maximum Gasteiger partial charge on any atom is 0.319 e. The van der Waals surface area contributed by atoms with E-state index in [4.69, 9.17) is 4.43 Å². The van der Waals surface area contributed by atoms with Gasteiger partial charge in [-0.3, -0.25) is 0 Å². The molecule has 1 aliphatic rings. The summed E-state index contributed by atoms with van der Waals surface area (Å²) >= 11 is 0. The highest BCUT2D eigenvalue weighted by Crippen LogP contribution is 2.43. The monoisotopic (exact) mass is 310 g/mol. The quantitative estimate of drug-likeness (QED) is 0.386. The third-order valence-electron chi connectivity index (χ3n) is 4.90. The third-order valence-corrected chi connectivity index (χ3v) is 9.96. The Balaban J connectivity index is 2.93. The molecular formula is C18H34O2Si. The lowest BCUT2D eigenvalue weighted by Crippen LogP contribution is -2.46. The predicted octanol–water partition coefficient (Wildman–Crippen LogP) is 5.99. The van der Waals surface area contributed by atoms with E-state index in [0.29, 0.717) is 11.1 Å². The van der Waals surface area contributed by atoms with Crippen molar-refractivity contribution in [2.75, 3.05) is 0 Å². The number of hydrogen-bond acceptors (Lipinski definition) is 2. The molecule has 21 heavy (non-hydrogen) atoms. The van der Waals surface area contributed by atoms with Gasteiger partial charge >= 0.3 is 5.97 Å². The molecule has 0 unspecified atom stereocenters. The summed E-state index contributed by atoms with van der Waals surface area (Å²) < 4.78 is 6.24. The summed E-state index contributed by atoms with van der Waals surface area (Å²) in [5.74, 6) is -0.126. The van der Waals surface area contributed by atoms with Gasteiger partial charge in [-0.1, -0.05) is 65.4 Å². The van der Waals surface area contributed by atoms with Crippen molar-refractivity contribution in [2.24, 2.45) is 0 Å². The molecule has 0 bridgehead atoms. The molecular weight excluding hydrogens is 276 g/mol. The van der Waals surface area contributed by atoms with Crippen LogP contribution in [0.5, 0.6) is 0 Å². The molecule has 0 aromatic rings. The maximum absolute atomic E-state index is 12.2. The van der Waals surface area contributed by atoms with E-state index < -0.39 is 8.32 Å². The molecule has 0 radical (unpaired) electrons. The zero-order valence-electron chi connectivity index (χ0n) is 14.4. The second-order valence-electron chi connectivity index (χ2n) is 6.78. The Labute approximate surface area is 132 Å². The Morgan fingerprint density at radius 2 is 1.62 bits per heavy atom. The molecule has 0 amide bonds. The summed E-state index contributed by atoms with van der Waals surface area (Å²) in [6.45, 7) is 10.0. The van der Waals surface area contributed by atoms with Crippen LogP contribution in [0.15, 0.2) is 12.2 Å². The van der Waals surface area contributed by atoms with E-state index in [1.807, 2.05) is 0 Å². The van der Waals surface area contributed by atoms with E-state index in [1.165, 1.54) is 57.8 Å². The molecule has 0 aliphatic heterocycles. The second-order valence-corrected chi connectivity index (χ2v) is 10.9. The van der Waals surface area contributed by atoms with E-state index >= 15 is 0 Å². The summed E-state index contributed by atoms with van der Waals surface area (Å²) in [5, 5.41) is 0. The molecule has 0 aromatic carbocycles. The minimum absolute atomic E-state index is 0.126. The molecule has 1 fully saturated rings. The topological polar surface area (TPSA) is 26.3 Å². The van der Waals surface area contributed by atoms with Gasteiger partial charge in [-0.2, -0.15) is 0 Å². The van der Waals surface area contributed by atoms with E-state index in [1.54, 1.807) is 6.92 Å². The molecule has 3 heteroatoms. The number of unbranched alkanes of at least 4 members (excludes halogenated alkanes) is 2. The molecule has 0 heterocycles. The lowest BCUT2D eigenvalue weighted by Gasteiger charge is -2.40. The summed E-state index contributed by atoms with van der Waals surface area (Å²) in [6, 6.07) is 2.32. The highest BCUT2D eigenvalue weighted by molar-refractivity contribution is 6.76. The summed E-state index contributed by atoms with van der Waals surface area (Å²) in [5.41, 5.74) is 1.25. The molecule has 0 N–H and O–H groups in total. The summed E-state index contributed by atoms with van der Waals surface area (Å²) in [4.78, 5) is 12.2. The normalized spacial score (nSPS) is 16.7. The largest absolute Gasteiger partial charge is 0.516 e. The first-order valence-corrected chi connectivity index (χ1v) is 11.3. The Bertz CT molecular complexity index is 324. The van der Waals surface area contributed by atoms with Gasteiger partial charge in [0.25, 0.3) is 8.32 Å². The molecule has 1 rings (SSSR count). The van der Waals surface area contributed by atoms with Crippen LogP contribution >= 0.6 is 0 Å². The van der Waals surface area contributed by atoms with Gasteiger partial charge in [0.15, 0.2) is 0 Å². The third kappa shape index (κ3) is 5.61. The van der Waals surface area contributed by atoms with Crippen molar-refractivity contribution < 1.29 is 9.22 Å². The minimum Gasteiger partial charge on any atom is -0.516 e. The first kappa shape index (κ1) is 18.5. The van der Waals surface area contributed by atoms with Crippen molar-refractivity contribution >= 4 is 14.3 Å². The summed E-state index contributed by atoms with van der Waals surface area (Å²) in [6.07, 6.45) is 11.4. The average Bonchev–Trinajstić information content (AvgIpc) is 2.50. The molecule has 0 spiro atoms. The van der Waals surface area contributed by atoms with Crippen molar-refractivity contribution in [3.05, 3.63) is 12.2 Å². The zero-order chi connectivity index (χ0) is 15.7. The Morgan fingerprint density at radius 1 is 1.10 bits per heavy atom. The zero-order valence-corrected chi connectivity index (χ0v) is 15.4. The van der Waals surface area contributed by atoms with Gasteiger partial charge in [0.1, 0.15) is 0 Å². The van der Waals surface area contributed by atoms with Crippen LogP contribution in [0.4, 0.5) is 0 Å². The van der Waals surface area contributed by atoms with Crippen LogP contribution in [-0.2, 0) is 9.22 Å². The smallest absolute Gasteiger partial charge is 0.319 e. The average molecular weight is 311 g/mol. The van der Waals surface area contributed by atoms with Crippen LogP contribution in [0.25, 0.3) is 0 Å². The molecule has 2 nitrogen and oxygen atoms in total. The van der Waals surface area contributed by atoms with Gasteiger partial charge in [-0.25, -0.2) is 4.79 Å². The van der Waals surface area contributed by atoms with Crippen LogP contribution < -0.4 is 0 Å². The molecule has 1 saturated carbocycles. The fourth-order valence-electron chi connectivity index (χ4n) is 3.57. The van der Waals surface area contributed by atoms with Crippen molar-refractivity contribution in [1.29, 1.82) is 0 Å². The van der Waals surface area contributed by atoms with Crippen LogP contribution in [-0.4, -0.2) is 14.3 Å². The van der Waals surface area contributed by atoms with Crippen molar-refractivity contribution in [3.63, 3.8) is 0 Å². The molecule has 0 aromatic heterocycles. The Hall–Kier alpha value is -0.573. The van der Waals surface area contributed by atoms with E-state index in [-0.39, 0.29) is 5.97 Å². The first-order chi connectivity index (χ1) is 10.1. The van der Waals surface area contributed by atoms with Gasteiger partial charge < -0.3 is 4.43 Å². The second kappa shape index (κ2) is 9.45. The highest BCUT2D eigenvalue weighted by atomic mass is 28.4. The molecule has 122 valence electrons. The SMILES string of the molecule is C=C(C)C(=O)O[Si](CCCC)(CCCC)C1CCCCC1. The van der Waals surface area contributed by atoms with Crippen LogP contribution in [0, 0.1) is 0 Å². The standard InChI is InChI=1S/C18H34O2Si/c1-5-7-14-21(15-8-6-2,20-18(19)16(3)4)17-12-10-9-11-13-17/h17H,3,5-15H2,1-2,4H3. The van der Waals surface area contributed by atoms with Crippen LogP contribution in [0.2, 0.25) is 17.6 Å². The minimum atomic E-state index is -1.97. The Kier molecular flexibility index (Phi) is 8.31. The number of carbonyl (C=O) groups excluding carboxylic acids is 1. The van der Waals surface area contributed by atoms with Crippen molar-refractivity contribution in [2.45, 2.75) is 96.2 Å². The van der Waals surface area contributed by atoms with Gasteiger partial charge in [-0.05, 0) is 37.4 Å². The number of rotatable bonds is 9. The fraction of sp³-hybridized carbons (Fsp3) is 0.833. The first-order valence-electron chi connectivity index (χ1n) is 8.94. The van der Waals surface area contributed by atoms with Crippen molar-refractivity contribution in [3.8, 4) is 0 Å². The van der Waals surface area contributed by atoms with Gasteiger partial charge in [0.05, 0.1) is 0 Å². The Morgan fingerprint density at radius 3 is 2.05 bits per heavy atom. The number of carbonyl (C=O) groups is 1. The van der Waals surface area contributed by atoms with Crippen LogP contribution in [0.3, 0.4) is 0 Å². The van der Waals surface area contributed by atoms with E-state index in [9.17, 15) is 4.79 Å². The van der Waals surface area contributed by atoms with E-state index in [0.717, 1.165) is 12.1 Å². The predicted molar refractivity (Wildman–Crippen MR) is 92.9 cm³/mol. The van der Waals surface area contributed by atoms with E-state index in [2.05, 4.69) is 20.4 Å². The van der Waals surface area contributed by atoms with Crippen molar-refractivity contribution in [1.82, 2.24) is 0 Å². The highest BCUT2D eigenvalue weighted by Gasteiger charge is 2.45. The lowest BCUT2D eigenvalue weighted by atomic mass is 10.0. The molecule has 0 atom stereocenters. The summed E-state index contributed by atoms with van der Waals surface area (Å²) in [7, 11) is -1.97. The van der Waals surface area contributed by atoms with Gasteiger partial charge in [0, 0.05) is 5.57 Å². The fourth-order valence-corrected chi connectivity index (χ4v) is 8.92. The maximum atomic E-state index is 12.2. The van der Waals surface area contributed by atoms with Gasteiger partial charge in [-0.15, -0.1) is 0 Å². The molecule has 0 saturated heterocycles. The number of hydrogen-bond donors (Lipinski definition) is 0. The van der Waals surface area contributed by atoms with Gasteiger partial charge in [0.2, 0.25) is 0 Å². The lowest BCUT2D eigenvalue weighted by molar-refractivity contribution is -0.131.